The number of thiophene rings is 1. The van der Waals surface area contributed by atoms with Crippen LogP contribution in [0, 0.1) is 0 Å². The molecule has 0 amide bonds. The third-order valence-corrected chi connectivity index (χ3v) is 4.75. The summed E-state index contributed by atoms with van der Waals surface area (Å²) in [6.45, 7) is 0. The molecule has 4 aromatic rings. The number of nitrogens with zero attached hydrogens (tertiary/aromatic N) is 4. The van der Waals surface area contributed by atoms with Gasteiger partial charge in [0.2, 0.25) is 5.13 Å². The molecule has 0 unspecified atom stereocenters. The van der Waals surface area contributed by atoms with Crippen molar-refractivity contribution in [2.24, 2.45) is 0 Å². The van der Waals surface area contributed by atoms with Gasteiger partial charge in [-0.2, -0.15) is 4.68 Å². The lowest BCUT2D eigenvalue weighted by Gasteiger charge is -1.94. The minimum absolute atomic E-state index is 0.823. The monoisotopic (exact) mass is 310 g/mol. The first kappa shape index (κ1) is 12.4. The minimum atomic E-state index is 0.823. The summed E-state index contributed by atoms with van der Waals surface area (Å²) >= 11 is 3.21. The first-order chi connectivity index (χ1) is 10.4. The molecule has 0 bridgehead atoms. The number of hydrogen-bond acceptors (Lipinski definition) is 5. The fourth-order valence-corrected chi connectivity index (χ4v) is 3.43. The zero-order valence-corrected chi connectivity index (χ0v) is 12.5. The van der Waals surface area contributed by atoms with Crippen molar-refractivity contribution in [3.05, 3.63) is 59.4 Å². The van der Waals surface area contributed by atoms with Gasteiger partial charge in [0.05, 0.1) is 16.8 Å². The molecule has 3 heterocycles. The van der Waals surface area contributed by atoms with Gasteiger partial charge in [-0.3, -0.25) is 0 Å². The normalized spacial score (nSPS) is 10.9. The predicted molar refractivity (Wildman–Crippen MR) is 85.8 cm³/mol. The first-order valence-corrected chi connectivity index (χ1v) is 8.13. The van der Waals surface area contributed by atoms with E-state index in [0.717, 1.165) is 27.0 Å². The highest BCUT2D eigenvalue weighted by molar-refractivity contribution is 7.13. The average molecular weight is 310 g/mol. The van der Waals surface area contributed by atoms with Crippen LogP contribution in [-0.2, 0) is 0 Å². The zero-order chi connectivity index (χ0) is 14.1. The quantitative estimate of drug-likeness (QED) is 0.572. The Balaban J connectivity index is 1.67. The summed E-state index contributed by atoms with van der Waals surface area (Å²) in [6.07, 6.45) is 1.92. The molecule has 4 rings (SSSR count). The van der Waals surface area contributed by atoms with Crippen LogP contribution in [0.15, 0.2) is 59.4 Å². The summed E-state index contributed by atoms with van der Waals surface area (Å²) < 4.78 is 1.73. The topological polar surface area (TPSA) is 43.6 Å². The van der Waals surface area contributed by atoms with E-state index >= 15 is 0 Å². The number of thiazole rings is 1. The summed E-state index contributed by atoms with van der Waals surface area (Å²) in [5.41, 5.74) is 2.95. The molecule has 0 aliphatic carbocycles. The molecule has 0 saturated heterocycles. The molecule has 1 aromatic carbocycles. The molecule has 0 atom stereocenters. The first-order valence-electron chi connectivity index (χ1n) is 6.38. The molecule has 0 aliphatic rings. The van der Waals surface area contributed by atoms with Crippen LogP contribution in [0.2, 0.25) is 0 Å². The van der Waals surface area contributed by atoms with Gasteiger partial charge < -0.3 is 0 Å². The number of rotatable bonds is 3. The summed E-state index contributed by atoms with van der Waals surface area (Å²) in [6, 6.07) is 14.2. The Morgan fingerprint density at radius 1 is 0.905 bits per heavy atom. The molecule has 3 aromatic heterocycles. The largest absolute Gasteiger partial charge is 0.218 e. The second-order valence-electron chi connectivity index (χ2n) is 4.41. The number of hydrogen-bond donors (Lipinski definition) is 0. The Kier molecular flexibility index (Phi) is 3.10. The maximum atomic E-state index is 4.63. The lowest BCUT2D eigenvalue weighted by atomic mass is 10.2. The number of benzene rings is 1. The van der Waals surface area contributed by atoms with E-state index in [4.69, 9.17) is 0 Å². The Hall–Kier alpha value is -2.31. The van der Waals surface area contributed by atoms with Crippen LogP contribution >= 0.6 is 22.7 Å². The van der Waals surface area contributed by atoms with E-state index in [1.807, 2.05) is 47.3 Å². The van der Waals surface area contributed by atoms with Crippen molar-refractivity contribution in [1.82, 2.24) is 20.0 Å². The summed E-state index contributed by atoms with van der Waals surface area (Å²) in [5, 5.41) is 13.3. The van der Waals surface area contributed by atoms with Gasteiger partial charge >= 0.3 is 0 Å². The Labute approximate surface area is 129 Å². The molecule has 6 heteroatoms. The molecule has 0 radical (unpaired) electrons. The summed E-state index contributed by atoms with van der Waals surface area (Å²) in [4.78, 5) is 5.74. The van der Waals surface area contributed by atoms with Crippen LogP contribution in [0.4, 0.5) is 0 Å². The highest BCUT2D eigenvalue weighted by atomic mass is 32.1. The third kappa shape index (κ3) is 2.39. The molecular weight excluding hydrogens is 300 g/mol. The molecular formula is C15H10N4S2. The highest BCUT2D eigenvalue weighted by Gasteiger charge is 2.10. The highest BCUT2D eigenvalue weighted by Crippen LogP contribution is 2.26. The van der Waals surface area contributed by atoms with Crippen molar-refractivity contribution in [2.45, 2.75) is 0 Å². The van der Waals surface area contributed by atoms with Gasteiger partial charge in [0.1, 0.15) is 5.69 Å². The molecule has 102 valence electrons. The fraction of sp³-hybridized carbons (Fsp3) is 0. The lowest BCUT2D eigenvalue weighted by molar-refractivity contribution is 0.798. The maximum Gasteiger partial charge on any atom is 0.212 e. The van der Waals surface area contributed by atoms with Crippen LogP contribution in [0.3, 0.4) is 0 Å². The van der Waals surface area contributed by atoms with Crippen LogP contribution in [0.1, 0.15) is 0 Å². The minimum Gasteiger partial charge on any atom is -0.218 e. The van der Waals surface area contributed by atoms with E-state index in [2.05, 4.69) is 27.4 Å². The summed E-state index contributed by atoms with van der Waals surface area (Å²) in [5.74, 6) is 0. The van der Waals surface area contributed by atoms with Crippen LogP contribution in [0.25, 0.3) is 27.0 Å². The molecule has 0 saturated carbocycles. The van der Waals surface area contributed by atoms with Crippen molar-refractivity contribution < 1.29 is 0 Å². The Morgan fingerprint density at radius 3 is 2.62 bits per heavy atom. The molecule has 0 spiro atoms. The van der Waals surface area contributed by atoms with E-state index in [1.54, 1.807) is 27.4 Å². The second kappa shape index (κ2) is 5.23. The molecule has 4 nitrogen and oxygen atoms in total. The van der Waals surface area contributed by atoms with Crippen LogP contribution in [-0.4, -0.2) is 20.0 Å². The van der Waals surface area contributed by atoms with Crippen molar-refractivity contribution in [2.75, 3.05) is 0 Å². The van der Waals surface area contributed by atoms with Crippen LogP contribution < -0.4 is 0 Å². The van der Waals surface area contributed by atoms with E-state index < -0.39 is 0 Å². The van der Waals surface area contributed by atoms with Crippen molar-refractivity contribution in [3.63, 3.8) is 0 Å². The van der Waals surface area contributed by atoms with Gasteiger partial charge in [-0.1, -0.05) is 41.6 Å². The van der Waals surface area contributed by atoms with Crippen molar-refractivity contribution in [3.8, 4) is 27.0 Å². The molecule has 0 aliphatic heterocycles. The van der Waals surface area contributed by atoms with Gasteiger partial charge in [-0.05, 0) is 11.4 Å². The van der Waals surface area contributed by atoms with Gasteiger partial charge in [0, 0.05) is 10.9 Å². The molecule has 0 N–H and O–H groups in total. The van der Waals surface area contributed by atoms with E-state index in [0.29, 0.717) is 0 Å². The Morgan fingerprint density at radius 2 is 1.81 bits per heavy atom. The lowest BCUT2D eigenvalue weighted by Crippen LogP contribution is -1.93. The smallest absolute Gasteiger partial charge is 0.212 e. The van der Waals surface area contributed by atoms with Crippen molar-refractivity contribution in [1.29, 1.82) is 0 Å². The van der Waals surface area contributed by atoms with Gasteiger partial charge in [0.15, 0.2) is 0 Å². The second-order valence-corrected chi connectivity index (χ2v) is 6.19. The average Bonchev–Trinajstić information content (AvgIpc) is 3.27. The van der Waals surface area contributed by atoms with E-state index in [9.17, 15) is 0 Å². The maximum absolute atomic E-state index is 4.63. The Bertz CT molecular complexity index is 847. The van der Waals surface area contributed by atoms with Gasteiger partial charge in [-0.15, -0.1) is 27.8 Å². The fourth-order valence-electron chi connectivity index (χ4n) is 2.01. The zero-order valence-electron chi connectivity index (χ0n) is 10.9. The van der Waals surface area contributed by atoms with E-state index in [1.165, 1.54) is 0 Å². The van der Waals surface area contributed by atoms with Gasteiger partial charge in [0.25, 0.3) is 0 Å². The summed E-state index contributed by atoms with van der Waals surface area (Å²) in [7, 11) is 0. The predicted octanol–water partition coefficient (Wildman–Crippen LogP) is 4.12. The standard InChI is InChI=1S/C15H10N4S2/c1-2-5-11(6-3-1)13-10-21-15(16-13)19-9-12(17-18-19)14-7-4-8-20-14/h1-10H. The van der Waals surface area contributed by atoms with E-state index in [-0.39, 0.29) is 0 Å². The third-order valence-electron chi connectivity index (χ3n) is 3.02. The van der Waals surface area contributed by atoms with Gasteiger partial charge in [-0.25, -0.2) is 4.98 Å². The van der Waals surface area contributed by atoms with Crippen LogP contribution in [0.5, 0.6) is 0 Å². The molecule has 21 heavy (non-hydrogen) atoms. The SMILES string of the molecule is c1ccc(-c2csc(-n3cc(-c4cccs4)nn3)n2)cc1. The molecule has 0 fully saturated rings. The van der Waals surface area contributed by atoms with Crippen molar-refractivity contribution >= 4 is 22.7 Å². The number of aromatic nitrogens is 4.